The van der Waals surface area contributed by atoms with Gasteiger partial charge in [-0.25, -0.2) is 10.2 Å². The molecule has 0 saturated heterocycles. The number of nitrogens with one attached hydrogen (secondary N) is 5. The molecule has 4 amide bonds. The molecular weight excluding hydrogens is 478 g/mol. The number of hydrogen-bond acceptors (Lipinski definition) is 3. The topological polar surface area (TPSA) is 115 Å². The van der Waals surface area contributed by atoms with Crippen molar-refractivity contribution in [2.24, 2.45) is 0 Å². The molecule has 3 aromatic carbocycles. The molecule has 0 bridgehead atoms. The predicted molar refractivity (Wildman–Crippen MR) is 140 cm³/mol. The SMILES string of the molecule is O=C(NNC(=O)c1ccc(Cl)cc1)N[C@H](Cc1c[nH]c2ccccc12)C(=O)NCCc1ccccc1. The van der Waals surface area contributed by atoms with Crippen LogP contribution in [0.5, 0.6) is 0 Å². The van der Waals surface area contributed by atoms with Gasteiger partial charge in [-0.05, 0) is 47.9 Å². The number of carbonyl (C=O) groups excluding carboxylic acids is 3. The van der Waals surface area contributed by atoms with Crippen LogP contribution in [0.1, 0.15) is 21.5 Å². The predicted octanol–water partition coefficient (Wildman–Crippen LogP) is 3.74. The highest BCUT2D eigenvalue weighted by Crippen LogP contribution is 2.19. The summed E-state index contributed by atoms with van der Waals surface area (Å²) >= 11 is 5.84. The zero-order chi connectivity index (χ0) is 25.3. The van der Waals surface area contributed by atoms with E-state index < -0.39 is 18.0 Å². The van der Waals surface area contributed by atoms with E-state index in [4.69, 9.17) is 11.6 Å². The third-order valence-electron chi connectivity index (χ3n) is 5.67. The Hall–Kier alpha value is -4.30. The lowest BCUT2D eigenvalue weighted by Crippen LogP contribution is -2.54. The molecule has 0 fully saturated rings. The van der Waals surface area contributed by atoms with Gasteiger partial charge in [0, 0.05) is 40.7 Å². The van der Waals surface area contributed by atoms with Crippen molar-refractivity contribution in [1.29, 1.82) is 0 Å². The molecule has 0 saturated carbocycles. The molecule has 8 nitrogen and oxygen atoms in total. The maximum atomic E-state index is 13.1. The molecule has 9 heteroatoms. The van der Waals surface area contributed by atoms with Gasteiger partial charge >= 0.3 is 6.03 Å². The van der Waals surface area contributed by atoms with Gasteiger partial charge in [-0.2, -0.15) is 0 Å². The monoisotopic (exact) mass is 503 g/mol. The highest BCUT2D eigenvalue weighted by atomic mass is 35.5. The number of rotatable bonds is 8. The van der Waals surface area contributed by atoms with Crippen molar-refractivity contribution in [3.63, 3.8) is 0 Å². The van der Waals surface area contributed by atoms with Crippen LogP contribution in [0.3, 0.4) is 0 Å². The molecule has 0 aliphatic heterocycles. The molecule has 0 aliphatic carbocycles. The summed E-state index contributed by atoms with van der Waals surface area (Å²) in [5.74, 6) is -0.835. The van der Waals surface area contributed by atoms with Crippen LogP contribution in [0, 0.1) is 0 Å². The zero-order valence-electron chi connectivity index (χ0n) is 19.4. The number of benzene rings is 3. The van der Waals surface area contributed by atoms with Gasteiger partial charge in [-0.1, -0.05) is 60.1 Å². The van der Waals surface area contributed by atoms with Crippen molar-refractivity contribution in [2.45, 2.75) is 18.9 Å². The number of hydrazine groups is 1. The Balaban J connectivity index is 1.39. The minimum atomic E-state index is -0.868. The number of H-pyrrole nitrogens is 1. The Kier molecular flexibility index (Phi) is 8.20. The van der Waals surface area contributed by atoms with Gasteiger partial charge in [0.2, 0.25) is 5.91 Å². The number of amides is 4. The Morgan fingerprint density at radius 2 is 1.58 bits per heavy atom. The molecule has 36 heavy (non-hydrogen) atoms. The maximum Gasteiger partial charge on any atom is 0.334 e. The van der Waals surface area contributed by atoms with Crippen LogP contribution < -0.4 is 21.5 Å². The van der Waals surface area contributed by atoms with Crippen LogP contribution in [0.2, 0.25) is 5.02 Å². The lowest BCUT2D eigenvalue weighted by Gasteiger charge is -2.19. The first-order valence-electron chi connectivity index (χ1n) is 11.5. The van der Waals surface area contributed by atoms with Gasteiger partial charge in [0.05, 0.1) is 0 Å². The second-order valence-electron chi connectivity index (χ2n) is 8.20. The van der Waals surface area contributed by atoms with E-state index in [1.54, 1.807) is 12.1 Å². The van der Waals surface area contributed by atoms with Crippen LogP contribution in [-0.2, 0) is 17.6 Å². The molecular formula is C27H26ClN5O3. The molecule has 1 aromatic heterocycles. The third kappa shape index (κ3) is 6.64. The highest BCUT2D eigenvalue weighted by Gasteiger charge is 2.23. The first-order valence-corrected chi connectivity index (χ1v) is 11.9. The van der Waals surface area contributed by atoms with Gasteiger partial charge in [-0.3, -0.25) is 15.0 Å². The fraction of sp³-hybridized carbons (Fsp3) is 0.148. The Morgan fingerprint density at radius 1 is 0.861 bits per heavy atom. The molecule has 5 N–H and O–H groups in total. The molecule has 184 valence electrons. The van der Waals surface area contributed by atoms with E-state index in [2.05, 4.69) is 26.5 Å². The number of hydrogen-bond donors (Lipinski definition) is 5. The summed E-state index contributed by atoms with van der Waals surface area (Å²) in [6.07, 6.45) is 2.76. The normalized spacial score (nSPS) is 11.5. The van der Waals surface area contributed by atoms with Crippen LogP contribution in [0.25, 0.3) is 10.9 Å². The quantitative estimate of drug-likeness (QED) is 0.236. The van der Waals surface area contributed by atoms with E-state index in [0.29, 0.717) is 23.6 Å². The molecule has 0 unspecified atom stereocenters. The van der Waals surface area contributed by atoms with Crippen LogP contribution in [0.4, 0.5) is 4.79 Å². The number of para-hydroxylation sites is 1. The summed E-state index contributed by atoms with van der Waals surface area (Å²) < 4.78 is 0. The summed E-state index contributed by atoms with van der Waals surface area (Å²) in [5.41, 5.74) is 7.90. The largest absolute Gasteiger partial charge is 0.361 e. The number of urea groups is 1. The fourth-order valence-corrected chi connectivity index (χ4v) is 3.93. The Labute approximate surface area is 213 Å². The van der Waals surface area contributed by atoms with E-state index in [-0.39, 0.29) is 12.3 Å². The average Bonchev–Trinajstić information content (AvgIpc) is 3.30. The smallest absolute Gasteiger partial charge is 0.334 e. The fourth-order valence-electron chi connectivity index (χ4n) is 3.81. The number of halogens is 1. The first-order chi connectivity index (χ1) is 17.5. The lowest BCUT2D eigenvalue weighted by molar-refractivity contribution is -0.122. The maximum absolute atomic E-state index is 13.1. The number of aromatic amines is 1. The molecule has 1 heterocycles. The second kappa shape index (κ2) is 11.9. The summed E-state index contributed by atoms with van der Waals surface area (Å²) in [6.45, 7) is 0.420. The average molecular weight is 504 g/mol. The number of fused-ring (bicyclic) bond motifs is 1. The van der Waals surface area contributed by atoms with E-state index in [9.17, 15) is 14.4 Å². The lowest BCUT2D eigenvalue weighted by atomic mass is 10.0. The molecule has 4 aromatic rings. The van der Waals surface area contributed by atoms with Gasteiger partial charge in [0.1, 0.15) is 6.04 Å². The van der Waals surface area contributed by atoms with Gasteiger partial charge < -0.3 is 15.6 Å². The van der Waals surface area contributed by atoms with Crippen molar-refractivity contribution >= 4 is 40.3 Å². The van der Waals surface area contributed by atoms with Crippen LogP contribution in [0.15, 0.2) is 85.1 Å². The van der Waals surface area contributed by atoms with Crippen LogP contribution in [-0.4, -0.2) is 35.4 Å². The summed E-state index contributed by atoms with van der Waals surface area (Å²) in [6, 6.07) is 22.2. The van der Waals surface area contributed by atoms with Crippen molar-refractivity contribution in [3.05, 3.63) is 107 Å². The van der Waals surface area contributed by atoms with Crippen molar-refractivity contribution in [2.75, 3.05) is 6.54 Å². The minimum absolute atomic E-state index is 0.264. The highest BCUT2D eigenvalue weighted by molar-refractivity contribution is 6.30. The Bertz CT molecular complexity index is 1340. The third-order valence-corrected chi connectivity index (χ3v) is 5.92. The molecule has 0 spiro atoms. The number of aromatic nitrogens is 1. The summed E-state index contributed by atoms with van der Waals surface area (Å²) in [7, 11) is 0. The summed E-state index contributed by atoms with van der Waals surface area (Å²) in [4.78, 5) is 41.1. The molecule has 1 atom stereocenters. The zero-order valence-corrected chi connectivity index (χ0v) is 20.1. The molecule has 0 aliphatic rings. The van der Waals surface area contributed by atoms with Crippen molar-refractivity contribution in [3.8, 4) is 0 Å². The van der Waals surface area contributed by atoms with Gasteiger partial charge in [-0.15, -0.1) is 0 Å². The van der Waals surface area contributed by atoms with Crippen LogP contribution >= 0.6 is 11.6 Å². The van der Waals surface area contributed by atoms with E-state index >= 15 is 0 Å². The van der Waals surface area contributed by atoms with Gasteiger partial charge in [0.15, 0.2) is 0 Å². The van der Waals surface area contributed by atoms with Crippen molar-refractivity contribution in [1.82, 2.24) is 26.5 Å². The first kappa shape index (κ1) is 24.8. The van der Waals surface area contributed by atoms with Crippen molar-refractivity contribution < 1.29 is 14.4 Å². The Morgan fingerprint density at radius 3 is 2.36 bits per heavy atom. The molecule has 0 radical (unpaired) electrons. The standard InChI is InChI=1S/C27H26ClN5O3/c28-21-12-10-19(11-13-21)25(34)32-33-27(36)31-24(16-20-17-30-23-9-5-4-8-22(20)23)26(35)29-15-14-18-6-2-1-3-7-18/h1-13,17,24,30H,14-16H2,(H,29,35)(H,32,34)(H2,31,33,36)/t24-/m1/s1. The summed E-state index contributed by atoms with van der Waals surface area (Å²) in [5, 5.41) is 7.04. The minimum Gasteiger partial charge on any atom is -0.361 e. The number of carbonyl (C=O) groups is 3. The second-order valence-corrected chi connectivity index (χ2v) is 8.64. The van der Waals surface area contributed by atoms with E-state index in [0.717, 1.165) is 22.0 Å². The van der Waals surface area contributed by atoms with Gasteiger partial charge in [0.25, 0.3) is 5.91 Å². The van der Waals surface area contributed by atoms with E-state index in [1.165, 1.54) is 12.1 Å². The molecule has 4 rings (SSSR count). The van der Waals surface area contributed by atoms with E-state index in [1.807, 2.05) is 60.8 Å².